The highest BCUT2D eigenvalue weighted by Crippen LogP contribution is 2.28. The number of hydrogen-bond acceptors (Lipinski definition) is 3. The number of benzene rings is 2. The van der Waals surface area contributed by atoms with Crippen LogP contribution < -0.4 is 5.73 Å². The molecule has 0 amide bonds. The molecule has 1 unspecified atom stereocenters. The zero-order valence-corrected chi connectivity index (χ0v) is 11.1. The van der Waals surface area contributed by atoms with Gasteiger partial charge in [0, 0.05) is 17.4 Å². The van der Waals surface area contributed by atoms with Crippen LogP contribution in [0.4, 0.5) is 10.1 Å². The summed E-state index contributed by atoms with van der Waals surface area (Å²) in [5.41, 5.74) is 7.83. The summed E-state index contributed by atoms with van der Waals surface area (Å²) in [5, 5.41) is 14.7. The SMILES string of the molecule is Nc1ccc(F)cc1C(O)c1ccnn1-c1ccccc1. The monoisotopic (exact) mass is 283 g/mol. The van der Waals surface area contributed by atoms with Gasteiger partial charge in [0.05, 0.1) is 11.4 Å². The van der Waals surface area contributed by atoms with Gasteiger partial charge < -0.3 is 10.8 Å². The van der Waals surface area contributed by atoms with E-state index in [0.29, 0.717) is 16.9 Å². The number of anilines is 1. The number of aliphatic hydroxyl groups excluding tert-OH is 1. The van der Waals surface area contributed by atoms with E-state index in [1.807, 2.05) is 30.3 Å². The van der Waals surface area contributed by atoms with E-state index in [4.69, 9.17) is 5.73 Å². The maximum absolute atomic E-state index is 13.4. The molecule has 106 valence electrons. The second-order valence-corrected chi connectivity index (χ2v) is 4.68. The minimum Gasteiger partial charge on any atom is -0.398 e. The first kappa shape index (κ1) is 13.3. The Labute approximate surface area is 121 Å². The van der Waals surface area contributed by atoms with Crippen molar-refractivity contribution in [3.63, 3.8) is 0 Å². The summed E-state index contributed by atoms with van der Waals surface area (Å²) in [7, 11) is 0. The summed E-state index contributed by atoms with van der Waals surface area (Å²) < 4.78 is 15.0. The molecule has 0 aliphatic heterocycles. The van der Waals surface area contributed by atoms with Crippen molar-refractivity contribution < 1.29 is 9.50 Å². The molecule has 5 heteroatoms. The lowest BCUT2D eigenvalue weighted by molar-refractivity contribution is 0.212. The summed E-state index contributed by atoms with van der Waals surface area (Å²) in [4.78, 5) is 0. The van der Waals surface area contributed by atoms with Crippen molar-refractivity contribution in [2.45, 2.75) is 6.10 Å². The minimum absolute atomic E-state index is 0.327. The summed E-state index contributed by atoms with van der Waals surface area (Å²) in [6.45, 7) is 0. The van der Waals surface area contributed by atoms with Gasteiger partial charge in [-0.05, 0) is 36.4 Å². The van der Waals surface area contributed by atoms with E-state index in [-0.39, 0.29) is 0 Å². The molecule has 21 heavy (non-hydrogen) atoms. The first-order chi connectivity index (χ1) is 10.2. The third kappa shape index (κ3) is 2.51. The minimum atomic E-state index is -1.05. The lowest BCUT2D eigenvalue weighted by Crippen LogP contribution is -2.10. The number of hydrogen-bond donors (Lipinski definition) is 2. The van der Waals surface area contributed by atoms with Crippen molar-refractivity contribution in [3.05, 3.63) is 77.9 Å². The topological polar surface area (TPSA) is 64.1 Å². The van der Waals surface area contributed by atoms with Gasteiger partial charge >= 0.3 is 0 Å². The maximum Gasteiger partial charge on any atom is 0.123 e. The Morgan fingerprint density at radius 3 is 2.62 bits per heavy atom. The van der Waals surface area contributed by atoms with Crippen molar-refractivity contribution in [2.24, 2.45) is 0 Å². The molecule has 1 heterocycles. The van der Waals surface area contributed by atoms with Crippen molar-refractivity contribution >= 4 is 5.69 Å². The molecule has 0 spiro atoms. The molecule has 0 saturated carbocycles. The van der Waals surface area contributed by atoms with Crippen molar-refractivity contribution in [1.29, 1.82) is 0 Å². The fraction of sp³-hybridized carbons (Fsp3) is 0.0625. The molecule has 0 radical (unpaired) electrons. The molecule has 1 aromatic heterocycles. The molecule has 3 N–H and O–H groups in total. The first-order valence-corrected chi connectivity index (χ1v) is 6.49. The predicted octanol–water partition coefficient (Wildman–Crippen LogP) is 2.68. The van der Waals surface area contributed by atoms with Crippen molar-refractivity contribution in [3.8, 4) is 5.69 Å². The van der Waals surface area contributed by atoms with Crippen LogP contribution >= 0.6 is 0 Å². The van der Waals surface area contributed by atoms with Gasteiger partial charge in [0.2, 0.25) is 0 Å². The number of rotatable bonds is 3. The Morgan fingerprint density at radius 1 is 1.10 bits per heavy atom. The Balaban J connectivity index is 2.06. The second kappa shape index (κ2) is 5.38. The number of aromatic nitrogens is 2. The van der Waals surface area contributed by atoms with Gasteiger partial charge in [-0.25, -0.2) is 9.07 Å². The normalized spacial score (nSPS) is 12.3. The average Bonchev–Trinajstić information content (AvgIpc) is 2.99. The highest BCUT2D eigenvalue weighted by atomic mass is 19.1. The van der Waals surface area contributed by atoms with Crippen LogP contribution in [0.1, 0.15) is 17.4 Å². The number of aliphatic hydroxyl groups is 1. The molecule has 0 aliphatic rings. The Kier molecular flexibility index (Phi) is 3.41. The van der Waals surface area contributed by atoms with E-state index in [2.05, 4.69) is 5.10 Å². The van der Waals surface area contributed by atoms with Crippen molar-refractivity contribution in [2.75, 3.05) is 5.73 Å². The molecule has 4 nitrogen and oxygen atoms in total. The van der Waals surface area contributed by atoms with E-state index in [1.165, 1.54) is 18.2 Å². The largest absolute Gasteiger partial charge is 0.398 e. The Morgan fingerprint density at radius 2 is 1.86 bits per heavy atom. The molecule has 2 aromatic carbocycles. The van der Waals surface area contributed by atoms with Crippen LogP contribution in [0, 0.1) is 5.82 Å². The van der Waals surface area contributed by atoms with E-state index in [9.17, 15) is 9.50 Å². The van der Waals surface area contributed by atoms with Crippen LogP contribution in [0.3, 0.4) is 0 Å². The second-order valence-electron chi connectivity index (χ2n) is 4.68. The highest BCUT2D eigenvalue weighted by Gasteiger charge is 2.19. The van der Waals surface area contributed by atoms with Crippen LogP contribution in [0.5, 0.6) is 0 Å². The van der Waals surface area contributed by atoms with Gasteiger partial charge in [-0.1, -0.05) is 18.2 Å². The third-order valence-electron chi connectivity index (χ3n) is 3.30. The average molecular weight is 283 g/mol. The van der Waals surface area contributed by atoms with Gasteiger partial charge in [-0.15, -0.1) is 0 Å². The maximum atomic E-state index is 13.4. The van der Waals surface area contributed by atoms with E-state index < -0.39 is 11.9 Å². The molecule has 0 aliphatic carbocycles. The summed E-state index contributed by atoms with van der Waals surface area (Å²) in [6.07, 6.45) is 0.532. The van der Waals surface area contributed by atoms with E-state index in [1.54, 1.807) is 16.9 Å². The van der Waals surface area contributed by atoms with E-state index >= 15 is 0 Å². The third-order valence-corrected chi connectivity index (χ3v) is 3.30. The van der Waals surface area contributed by atoms with Crippen molar-refractivity contribution in [1.82, 2.24) is 9.78 Å². The smallest absolute Gasteiger partial charge is 0.123 e. The fourth-order valence-electron chi connectivity index (χ4n) is 2.25. The Bertz CT molecular complexity index is 755. The van der Waals surface area contributed by atoms with Crippen LogP contribution in [-0.2, 0) is 0 Å². The van der Waals surface area contributed by atoms with Crippen LogP contribution in [-0.4, -0.2) is 14.9 Å². The standard InChI is InChI=1S/C16H14FN3O/c17-11-6-7-14(18)13(10-11)16(21)15-8-9-19-20(15)12-4-2-1-3-5-12/h1-10,16,21H,18H2. The summed E-state index contributed by atoms with van der Waals surface area (Å²) >= 11 is 0. The lowest BCUT2D eigenvalue weighted by atomic mass is 10.0. The lowest BCUT2D eigenvalue weighted by Gasteiger charge is -2.15. The molecular weight excluding hydrogens is 269 g/mol. The molecule has 1 atom stereocenters. The van der Waals surface area contributed by atoms with Gasteiger partial charge in [-0.2, -0.15) is 5.10 Å². The zero-order chi connectivity index (χ0) is 14.8. The molecule has 0 saturated heterocycles. The molecular formula is C16H14FN3O. The van der Waals surface area contributed by atoms with E-state index in [0.717, 1.165) is 5.69 Å². The summed E-state index contributed by atoms with van der Waals surface area (Å²) in [6, 6.07) is 15.0. The fourth-order valence-corrected chi connectivity index (χ4v) is 2.25. The zero-order valence-electron chi connectivity index (χ0n) is 11.1. The number of halogens is 1. The number of nitrogen functional groups attached to an aromatic ring is 1. The molecule has 3 rings (SSSR count). The highest BCUT2D eigenvalue weighted by molar-refractivity contribution is 5.50. The first-order valence-electron chi connectivity index (χ1n) is 6.49. The molecule has 0 bridgehead atoms. The van der Waals surface area contributed by atoms with Gasteiger partial charge in [0.1, 0.15) is 11.9 Å². The van der Waals surface area contributed by atoms with Crippen LogP contribution in [0.25, 0.3) is 5.69 Å². The Hall–Kier alpha value is -2.66. The molecule has 0 fully saturated rings. The van der Waals surface area contributed by atoms with Gasteiger partial charge in [-0.3, -0.25) is 0 Å². The number of para-hydroxylation sites is 1. The molecule has 3 aromatic rings. The van der Waals surface area contributed by atoms with Crippen LogP contribution in [0.15, 0.2) is 60.8 Å². The number of nitrogens with zero attached hydrogens (tertiary/aromatic N) is 2. The summed E-state index contributed by atoms with van der Waals surface area (Å²) in [5.74, 6) is -0.441. The predicted molar refractivity (Wildman–Crippen MR) is 78.4 cm³/mol. The van der Waals surface area contributed by atoms with Crippen LogP contribution in [0.2, 0.25) is 0 Å². The van der Waals surface area contributed by atoms with Gasteiger partial charge in [0.25, 0.3) is 0 Å². The van der Waals surface area contributed by atoms with Gasteiger partial charge in [0.15, 0.2) is 0 Å². The number of nitrogens with two attached hydrogens (primary N) is 1. The quantitative estimate of drug-likeness (QED) is 0.726.